The summed E-state index contributed by atoms with van der Waals surface area (Å²) in [6.07, 6.45) is 2.96. The minimum Gasteiger partial charge on any atom is -0.334 e. The van der Waals surface area contributed by atoms with E-state index in [9.17, 15) is 4.79 Å². The van der Waals surface area contributed by atoms with E-state index in [2.05, 4.69) is 22.5 Å². The number of amides is 2. The number of thioether (sulfide) groups is 1. The number of nitrogens with one attached hydrogen (secondary N) is 2. The number of hydrogen-bond donors (Lipinski definition) is 2. The largest absolute Gasteiger partial charge is 0.334 e. The van der Waals surface area contributed by atoms with Gasteiger partial charge in [0.25, 0.3) is 0 Å². The summed E-state index contributed by atoms with van der Waals surface area (Å²) in [6, 6.07) is 5.56. The smallest absolute Gasteiger partial charge is 0.320 e. The van der Waals surface area contributed by atoms with E-state index >= 15 is 0 Å². The average Bonchev–Trinajstić information content (AvgIpc) is 2.28. The van der Waals surface area contributed by atoms with Crippen LogP contribution < -0.4 is 10.6 Å². The van der Waals surface area contributed by atoms with Crippen molar-refractivity contribution in [1.82, 2.24) is 10.3 Å². The third-order valence-corrected chi connectivity index (χ3v) is 3.06. The van der Waals surface area contributed by atoms with Crippen LogP contribution in [-0.4, -0.2) is 29.1 Å². The molecule has 0 spiro atoms. The van der Waals surface area contributed by atoms with Crippen LogP contribution in [0.1, 0.15) is 19.0 Å². The second kappa shape index (κ2) is 7.17. The molecule has 2 N–H and O–H groups in total. The molecule has 0 saturated carbocycles. The van der Waals surface area contributed by atoms with Gasteiger partial charge in [0.2, 0.25) is 0 Å². The maximum Gasteiger partial charge on any atom is 0.320 e. The number of nitrogens with zero attached hydrogens (tertiary/aromatic N) is 1. The minimum atomic E-state index is -0.191. The van der Waals surface area contributed by atoms with Crippen LogP contribution in [0.2, 0.25) is 0 Å². The summed E-state index contributed by atoms with van der Waals surface area (Å²) in [5, 5.41) is 5.66. The molecule has 5 heteroatoms. The average molecular weight is 253 g/mol. The van der Waals surface area contributed by atoms with Gasteiger partial charge in [0, 0.05) is 17.5 Å². The Morgan fingerprint density at radius 1 is 1.53 bits per heavy atom. The Balaban J connectivity index is 2.49. The molecule has 0 aliphatic heterocycles. The molecule has 17 heavy (non-hydrogen) atoms. The predicted molar refractivity (Wildman–Crippen MR) is 73.6 cm³/mol. The molecule has 1 heterocycles. The molecular formula is C12H19N3OS. The molecule has 1 rings (SSSR count). The zero-order valence-electron chi connectivity index (χ0n) is 10.5. The summed E-state index contributed by atoms with van der Waals surface area (Å²) in [4.78, 5) is 15.9. The summed E-state index contributed by atoms with van der Waals surface area (Å²) < 4.78 is 0. The van der Waals surface area contributed by atoms with E-state index in [-0.39, 0.29) is 12.1 Å². The molecule has 0 aliphatic carbocycles. The quantitative estimate of drug-likeness (QED) is 0.848. The van der Waals surface area contributed by atoms with Gasteiger partial charge in [0.15, 0.2) is 0 Å². The highest BCUT2D eigenvalue weighted by Gasteiger charge is 2.09. The lowest BCUT2D eigenvalue weighted by molar-refractivity contribution is 0.249. The van der Waals surface area contributed by atoms with Crippen molar-refractivity contribution in [3.8, 4) is 0 Å². The number of anilines is 1. The van der Waals surface area contributed by atoms with E-state index in [1.807, 2.05) is 25.3 Å². The van der Waals surface area contributed by atoms with Crippen LogP contribution in [0, 0.1) is 6.92 Å². The van der Waals surface area contributed by atoms with Crippen molar-refractivity contribution in [3.63, 3.8) is 0 Å². The van der Waals surface area contributed by atoms with E-state index in [0.717, 1.165) is 17.9 Å². The van der Waals surface area contributed by atoms with Crippen LogP contribution in [0.3, 0.4) is 0 Å². The lowest BCUT2D eigenvalue weighted by Gasteiger charge is -2.16. The van der Waals surface area contributed by atoms with Crippen molar-refractivity contribution in [2.24, 2.45) is 0 Å². The highest BCUT2D eigenvalue weighted by molar-refractivity contribution is 7.98. The van der Waals surface area contributed by atoms with Crippen molar-refractivity contribution >= 4 is 23.6 Å². The Morgan fingerprint density at radius 3 is 2.88 bits per heavy atom. The number of rotatable bonds is 5. The first kappa shape index (κ1) is 13.8. The highest BCUT2D eigenvalue weighted by atomic mass is 32.2. The fourth-order valence-electron chi connectivity index (χ4n) is 1.41. The van der Waals surface area contributed by atoms with Gasteiger partial charge in [-0.15, -0.1) is 0 Å². The molecule has 0 bridgehead atoms. The second-order valence-corrected chi connectivity index (χ2v) is 4.73. The Kier molecular flexibility index (Phi) is 5.83. The summed E-state index contributed by atoms with van der Waals surface area (Å²) in [5.41, 5.74) is 0.888. The third kappa shape index (κ3) is 5.08. The van der Waals surface area contributed by atoms with Crippen molar-refractivity contribution in [2.45, 2.75) is 26.3 Å². The molecule has 1 unspecified atom stereocenters. The number of aryl methyl sites for hydroxylation is 1. The molecule has 4 nitrogen and oxygen atoms in total. The van der Waals surface area contributed by atoms with Gasteiger partial charge in [-0.2, -0.15) is 11.8 Å². The predicted octanol–water partition coefficient (Wildman–Crippen LogP) is 2.65. The molecule has 0 aliphatic rings. The van der Waals surface area contributed by atoms with Gasteiger partial charge in [-0.1, -0.05) is 13.0 Å². The maximum absolute atomic E-state index is 11.7. The molecule has 1 atom stereocenters. The van der Waals surface area contributed by atoms with Gasteiger partial charge in [-0.25, -0.2) is 9.78 Å². The van der Waals surface area contributed by atoms with Gasteiger partial charge in [-0.3, -0.25) is 5.32 Å². The normalized spacial score (nSPS) is 11.9. The van der Waals surface area contributed by atoms with Crippen molar-refractivity contribution in [1.29, 1.82) is 0 Å². The van der Waals surface area contributed by atoms with Gasteiger partial charge >= 0.3 is 6.03 Å². The Morgan fingerprint density at radius 2 is 2.29 bits per heavy atom. The molecule has 0 saturated heterocycles. The second-order valence-electron chi connectivity index (χ2n) is 3.82. The van der Waals surface area contributed by atoms with Crippen LogP contribution in [0.25, 0.3) is 0 Å². The van der Waals surface area contributed by atoms with Gasteiger partial charge in [-0.05, 0) is 31.7 Å². The molecule has 0 aromatic carbocycles. The highest BCUT2D eigenvalue weighted by Crippen LogP contribution is 2.05. The molecule has 1 aromatic rings. The first-order valence-electron chi connectivity index (χ1n) is 5.65. The first-order valence-corrected chi connectivity index (χ1v) is 7.05. The fourth-order valence-corrected chi connectivity index (χ4v) is 2.13. The van der Waals surface area contributed by atoms with E-state index in [4.69, 9.17) is 0 Å². The topological polar surface area (TPSA) is 54.0 Å². The van der Waals surface area contributed by atoms with Crippen LogP contribution in [0.4, 0.5) is 10.6 Å². The number of carbonyl (C=O) groups excluding carboxylic acids is 1. The lowest BCUT2D eigenvalue weighted by atomic mass is 10.3. The minimum absolute atomic E-state index is 0.191. The number of urea groups is 1. The van der Waals surface area contributed by atoms with Crippen LogP contribution in [0.15, 0.2) is 18.2 Å². The van der Waals surface area contributed by atoms with Crippen molar-refractivity contribution in [3.05, 3.63) is 23.9 Å². The third-order valence-electron chi connectivity index (χ3n) is 2.33. The van der Waals surface area contributed by atoms with E-state index < -0.39 is 0 Å². The number of carbonyl (C=O) groups is 1. The standard InChI is InChI=1S/C12H19N3OS/c1-4-10(8-17-3)14-12(16)15-11-7-5-6-9(2)13-11/h5-7,10H,4,8H2,1-3H3,(H2,13,14,15,16). The van der Waals surface area contributed by atoms with E-state index in [1.165, 1.54) is 0 Å². The number of pyridine rings is 1. The molecular weight excluding hydrogens is 234 g/mol. The zero-order valence-corrected chi connectivity index (χ0v) is 11.3. The monoisotopic (exact) mass is 253 g/mol. The molecule has 0 radical (unpaired) electrons. The summed E-state index contributed by atoms with van der Waals surface area (Å²) in [7, 11) is 0. The lowest BCUT2D eigenvalue weighted by Crippen LogP contribution is -2.39. The van der Waals surface area contributed by atoms with Crippen molar-refractivity contribution in [2.75, 3.05) is 17.3 Å². The summed E-state index contributed by atoms with van der Waals surface area (Å²) >= 11 is 1.73. The van der Waals surface area contributed by atoms with Gasteiger partial charge < -0.3 is 5.32 Å². The van der Waals surface area contributed by atoms with Crippen LogP contribution >= 0.6 is 11.8 Å². The zero-order chi connectivity index (χ0) is 12.7. The Labute approximate surface area is 107 Å². The summed E-state index contributed by atoms with van der Waals surface area (Å²) in [5.74, 6) is 1.51. The SMILES string of the molecule is CCC(CSC)NC(=O)Nc1cccc(C)n1. The fraction of sp³-hybridized carbons (Fsp3) is 0.500. The summed E-state index contributed by atoms with van der Waals surface area (Å²) in [6.45, 7) is 3.96. The molecule has 0 fully saturated rings. The molecule has 94 valence electrons. The molecule has 2 amide bonds. The Bertz CT molecular complexity index is 371. The Hall–Kier alpha value is -1.23. The number of aromatic nitrogens is 1. The van der Waals surface area contributed by atoms with E-state index in [1.54, 1.807) is 17.8 Å². The van der Waals surface area contributed by atoms with Crippen LogP contribution in [-0.2, 0) is 0 Å². The van der Waals surface area contributed by atoms with Gasteiger partial charge in [0.1, 0.15) is 5.82 Å². The van der Waals surface area contributed by atoms with Gasteiger partial charge in [0.05, 0.1) is 0 Å². The van der Waals surface area contributed by atoms with E-state index in [0.29, 0.717) is 5.82 Å². The number of hydrogen-bond acceptors (Lipinski definition) is 3. The maximum atomic E-state index is 11.7. The molecule has 1 aromatic heterocycles. The first-order chi connectivity index (χ1) is 8.15. The van der Waals surface area contributed by atoms with Crippen molar-refractivity contribution < 1.29 is 4.79 Å². The van der Waals surface area contributed by atoms with Crippen LogP contribution in [0.5, 0.6) is 0 Å².